The summed E-state index contributed by atoms with van der Waals surface area (Å²) < 4.78 is 11.3. The highest BCUT2D eigenvalue weighted by Gasteiger charge is 2.33. The lowest BCUT2D eigenvalue weighted by atomic mass is 9.75. The summed E-state index contributed by atoms with van der Waals surface area (Å²) in [4.78, 5) is 24.7. The number of hydrogen-bond donors (Lipinski definition) is 1. The summed E-state index contributed by atoms with van der Waals surface area (Å²) in [6.45, 7) is 8.09. The number of aliphatic hydroxyl groups is 1. The number of aryl methyl sites for hydroxylation is 1. The van der Waals surface area contributed by atoms with Crippen molar-refractivity contribution in [2.24, 2.45) is 17.8 Å². The van der Waals surface area contributed by atoms with E-state index in [1.54, 1.807) is 6.92 Å². The molecular weight excluding hydrogens is 560 g/mol. The third kappa shape index (κ3) is 10.8. The second-order valence-corrected chi connectivity index (χ2v) is 13.6. The Labute approximate surface area is 271 Å². The van der Waals surface area contributed by atoms with Crippen LogP contribution in [-0.2, 0) is 25.5 Å². The maximum Gasteiger partial charge on any atom is 0.333 e. The highest BCUT2D eigenvalue weighted by atomic mass is 16.5. The topological polar surface area (TPSA) is 72.8 Å². The SMILES string of the molecule is C=C(C)C(=O)OCCCC(CCO)C1CCC(OC(=O)C2CCC(c3ccc(-c4ccc(CCCCC)cc4)cc3)CC2)CC1. The van der Waals surface area contributed by atoms with Crippen LogP contribution in [0.2, 0.25) is 0 Å². The second kappa shape index (κ2) is 18.3. The number of unbranched alkanes of at least 4 members (excludes halogenated alkanes) is 2. The Balaban J connectivity index is 1.16. The van der Waals surface area contributed by atoms with Gasteiger partial charge in [0.2, 0.25) is 0 Å². The molecule has 0 aromatic heterocycles. The molecule has 2 fully saturated rings. The highest BCUT2D eigenvalue weighted by molar-refractivity contribution is 5.86. The van der Waals surface area contributed by atoms with Crippen molar-refractivity contribution >= 4 is 11.9 Å². The van der Waals surface area contributed by atoms with Crippen LogP contribution in [0.4, 0.5) is 0 Å². The molecule has 45 heavy (non-hydrogen) atoms. The van der Waals surface area contributed by atoms with E-state index in [1.807, 2.05) is 0 Å². The molecule has 1 N–H and O–H groups in total. The third-order valence-electron chi connectivity index (χ3n) is 10.3. The molecule has 4 rings (SSSR count). The van der Waals surface area contributed by atoms with Crippen LogP contribution in [0.25, 0.3) is 11.1 Å². The quantitative estimate of drug-likeness (QED) is 0.116. The molecule has 0 heterocycles. The molecule has 0 amide bonds. The Hall–Kier alpha value is -2.92. The van der Waals surface area contributed by atoms with Gasteiger partial charge in [-0.25, -0.2) is 4.79 Å². The molecule has 0 spiro atoms. The zero-order valence-electron chi connectivity index (χ0n) is 27.8. The molecule has 2 saturated carbocycles. The summed E-state index contributed by atoms with van der Waals surface area (Å²) in [6.07, 6.45) is 15.1. The average molecular weight is 617 g/mol. The predicted octanol–water partition coefficient (Wildman–Crippen LogP) is 9.36. The minimum Gasteiger partial charge on any atom is -0.462 e. The first kappa shape index (κ1) is 34.9. The number of aliphatic hydroxyl groups excluding tert-OH is 1. The number of carbonyl (C=O) groups is 2. The van der Waals surface area contributed by atoms with Crippen LogP contribution >= 0.6 is 0 Å². The van der Waals surface area contributed by atoms with E-state index in [0.29, 0.717) is 29.9 Å². The standard InChI is InChI=1S/C40H56O5/c1-4-5-6-8-30-10-12-32(13-11-30)33-14-16-34(17-15-33)35-18-20-37(21-19-35)40(43)45-38-24-22-36(23-25-38)31(26-27-41)9-7-28-44-39(42)29(2)3/h10-17,31,35-38,41H,2,4-9,18-28H2,1,3H3. The van der Waals surface area contributed by atoms with Crippen LogP contribution in [0, 0.1) is 17.8 Å². The van der Waals surface area contributed by atoms with Crippen molar-refractivity contribution in [1.82, 2.24) is 0 Å². The van der Waals surface area contributed by atoms with E-state index in [-0.39, 0.29) is 30.6 Å². The maximum atomic E-state index is 13.1. The zero-order chi connectivity index (χ0) is 32.0. The molecule has 5 heteroatoms. The molecule has 2 aliphatic carbocycles. The fourth-order valence-electron chi connectivity index (χ4n) is 7.41. The fourth-order valence-corrected chi connectivity index (χ4v) is 7.41. The predicted molar refractivity (Wildman–Crippen MR) is 182 cm³/mol. The molecule has 0 bridgehead atoms. The van der Waals surface area contributed by atoms with Crippen molar-refractivity contribution in [1.29, 1.82) is 0 Å². The summed E-state index contributed by atoms with van der Waals surface area (Å²) in [5, 5.41) is 9.62. The molecule has 2 aliphatic rings. The van der Waals surface area contributed by atoms with Crippen LogP contribution < -0.4 is 0 Å². The Bertz CT molecular complexity index is 1180. The molecule has 2 aromatic carbocycles. The van der Waals surface area contributed by atoms with Crippen LogP contribution in [0.5, 0.6) is 0 Å². The molecular formula is C40H56O5. The Morgan fingerprint density at radius 3 is 2.09 bits per heavy atom. The van der Waals surface area contributed by atoms with Crippen molar-refractivity contribution < 1.29 is 24.2 Å². The van der Waals surface area contributed by atoms with Gasteiger partial charge in [-0.3, -0.25) is 4.79 Å². The van der Waals surface area contributed by atoms with E-state index in [9.17, 15) is 14.7 Å². The maximum absolute atomic E-state index is 13.1. The molecule has 246 valence electrons. The van der Waals surface area contributed by atoms with E-state index in [2.05, 4.69) is 62.0 Å². The largest absolute Gasteiger partial charge is 0.462 e. The zero-order valence-corrected chi connectivity index (χ0v) is 27.8. The van der Waals surface area contributed by atoms with Gasteiger partial charge >= 0.3 is 11.9 Å². The van der Waals surface area contributed by atoms with Gasteiger partial charge in [0.25, 0.3) is 0 Å². The van der Waals surface area contributed by atoms with Crippen LogP contribution in [0.3, 0.4) is 0 Å². The van der Waals surface area contributed by atoms with E-state index in [4.69, 9.17) is 9.47 Å². The summed E-state index contributed by atoms with van der Waals surface area (Å²) in [5.41, 5.74) is 5.75. The van der Waals surface area contributed by atoms with Crippen LogP contribution in [0.15, 0.2) is 60.7 Å². The van der Waals surface area contributed by atoms with Gasteiger partial charge in [-0.2, -0.15) is 0 Å². The lowest BCUT2D eigenvalue weighted by Gasteiger charge is -2.35. The van der Waals surface area contributed by atoms with Gasteiger partial charge in [0.05, 0.1) is 12.5 Å². The first-order chi connectivity index (χ1) is 21.9. The van der Waals surface area contributed by atoms with Gasteiger partial charge < -0.3 is 14.6 Å². The smallest absolute Gasteiger partial charge is 0.333 e. The van der Waals surface area contributed by atoms with Gasteiger partial charge in [-0.05, 0) is 130 Å². The van der Waals surface area contributed by atoms with E-state index >= 15 is 0 Å². The lowest BCUT2D eigenvalue weighted by molar-refractivity contribution is -0.157. The van der Waals surface area contributed by atoms with E-state index in [0.717, 1.165) is 77.0 Å². The molecule has 0 aliphatic heterocycles. The number of benzene rings is 2. The molecule has 5 nitrogen and oxygen atoms in total. The Kier molecular flexibility index (Phi) is 14.2. The van der Waals surface area contributed by atoms with Gasteiger partial charge in [-0.1, -0.05) is 74.9 Å². The number of carbonyl (C=O) groups excluding carboxylic acids is 2. The van der Waals surface area contributed by atoms with Gasteiger partial charge in [-0.15, -0.1) is 0 Å². The first-order valence-electron chi connectivity index (χ1n) is 17.7. The number of rotatable bonds is 16. The number of ether oxygens (including phenoxy) is 2. The van der Waals surface area contributed by atoms with Gasteiger partial charge in [0.1, 0.15) is 6.10 Å². The molecule has 0 saturated heterocycles. The molecule has 0 radical (unpaired) electrons. The van der Waals surface area contributed by atoms with Crippen LogP contribution in [-0.4, -0.2) is 36.4 Å². The third-order valence-corrected chi connectivity index (χ3v) is 10.3. The van der Waals surface area contributed by atoms with Gasteiger partial charge in [0, 0.05) is 12.2 Å². The Morgan fingerprint density at radius 2 is 1.49 bits per heavy atom. The molecule has 2 aromatic rings. The summed E-state index contributed by atoms with van der Waals surface area (Å²) in [7, 11) is 0. The fraction of sp³-hybridized carbons (Fsp3) is 0.600. The monoisotopic (exact) mass is 616 g/mol. The minimum absolute atomic E-state index is 0.00312. The first-order valence-corrected chi connectivity index (χ1v) is 17.7. The van der Waals surface area contributed by atoms with E-state index in [1.165, 1.54) is 41.5 Å². The lowest BCUT2D eigenvalue weighted by Crippen LogP contribution is -2.31. The van der Waals surface area contributed by atoms with Crippen molar-refractivity contribution in [3.8, 4) is 11.1 Å². The van der Waals surface area contributed by atoms with Crippen molar-refractivity contribution in [3.05, 3.63) is 71.8 Å². The average Bonchev–Trinajstić information content (AvgIpc) is 3.07. The summed E-state index contributed by atoms with van der Waals surface area (Å²) >= 11 is 0. The molecule has 1 unspecified atom stereocenters. The van der Waals surface area contributed by atoms with Crippen molar-refractivity contribution in [2.45, 2.75) is 122 Å². The molecule has 1 atom stereocenters. The van der Waals surface area contributed by atoms with Crippen molar-refractivity contribution in [2.75, 3.05) is 13.2 Å². The minimum atomic E-state index is -0.340. The Morgan fingerprint density at radius 1 is 0.844 bits per heavy atom. The normalized spacial score (nSPS) is 22.4. The summed E-state index contributed by atoms with van der Waals surface area (Å²) in [6, 6.07) is 18.1. The number of esters is 2. The highest BCUT2D eigenvalue weighted by Crippen LogP contribution is 2.39. The van der Waals surface area contributed by atoms with Crippen molar-refractivity contribution in [3.63, 3.8) is 0 Å². The summed E-state index contributed by atoms with van der Waals surface area (Å²) in [5.74, 6) is 1.09. The van der Waals surface area contributed by atoms with Gasteiger partial charge in [0.15, 0.2) is 0 Å². The van der Waals surface area contributed by atoms with Crippen LogP contribution in [0.1, 0.15) is 121 Å². The second-order valence-electron chi connectivity index (χ2n) is 13.6. The number of hydrogen-bond acceptors (Lipinski definition) is 5. The van der Waals surface area contributed by atoms with E-state index < -0.39 is 0 Å².